The molecule has 0 aliphatic carbocycles. The van der Waals surface area contributed by atoms with E-state index in [1.807, 2.05) is 13.8 Å². The van der Waals surface area contributed by atoms with E-state index in [4.69, 9.17) is 10.00 Å². The number of halogens is 1. The third-order valence-electron chi connectivity index (χ3n) is 7.62. The third kappa shape index (κ3) is 6.11. The molecule has 2 heterocycles. The van der Waals surface area contributed by atoms with Gasteiger partial charge in [-0.15, -0.1) is 0 Å². The average Bonchev–Trinajstić information content (AvgIpc) is 3.55. The monoisotopic (exact) mass is 598 g/mol. The highest BCUT2D eigenvalue weighted by atomic mass is 19.1. The van der Waals surface area contributed by atoms with Crippen molar-refractivity contribution in [1.82, 2.24) is 9.13 Å². The maximum atomic E-state index is 14.5. The largest absolute Gasteiger partial charge is 0.508 e. The van der Waals surface area contributed by atoms with E-state index in [1.165, 1.54) is 11.0 Å². The van der Waals surface area contributed by atoms with Crippen LogP contribution in [0, 0.1) is 17.1 Å². The number of aromatic hydroxyl groups is 2. The molecule has 44 heavy (non-hydrogen) atoms. The first-order chi connectivity index (χ1) is 21.1. The van der Waals surface area contributed by atoms with Gasteiger partial charge in [0.1, 0.15) is 17.7 Å². The second-order valence-corrected chi connectivity index (χ2v) is 11.0. The van der Waals surface area contributed by atoms with Crippen molar-refractivity contribution >= 4 is 11.6 Å². The normalized spacial score (nSPS) is 14.5. The molecule has 226 valence electrons. The first kappa shape index (κ1) is 30.3. The second kappa shape index (κ2) is 12.6. The van der Waals surface area contributed by atoms with E-state index in [2.05, 4.69) is 6.07 Å². The molecule has 1 atom stereocenters. The molecule has 1 saturated heterocycles. The molecule has 1 unspecified atom stereocenters. The van der Waals surface area contributed by atoms with Gasteiger partial charge < -0.3 is 19.8 Å². The van der Waals surface area contributed by atoms with Crippen LogP contribution in [0.15, 0.2) is 76.4 Å². The number of anilines is 1. The molecule has 0 spiro atoms. The van der Waals surface area contributed by atoms with Gasteiger partial charge >= 0.3 is 5.69 Å². The molecule has 4 aromatic rings. The quantitative estimate of drug-likeness (QED) is 0.298. The van der Waals surface area contributed by atoms with Crippen LogP contribution in [0.5, 0.6) is 11.5 Å². The van der Waals surface area contributed by atoms with Crippen molar-refractivity contribution in [3.63, 3.8) is 0 Å². The lowest BCUT2D eigenvalue weighted by molar-refractivity contribution is 0.0504. The Morgan fingerprint density at radius 2 is 1.75 bits per heavy atom. The van der Waals surface area contributed by atoms with Crippen LogP contribution in [0.25, 0.3) is 0 Å². The Hall–Kier alpha value is -5.21. The summed E-state index contributed by atoms with van der Waals surface area (Å²) in [4.78, 5) is 41.0. The molecule has 1 aliphatic heterocycles. The van der Waals surface area contributed by atoms with Crippen molar-refractivity contribution in [2.75, 3.05) is 11.5 Å². The Labute approximate surface area is 252 Å². The molecule has 11 heteroatoms. The van der Waals surface area contributed by atoms with Crippen LogP contribution >= 0.6 is 0 Å². The van der Waals surface area contributed by atoms with Crippen molar-refractivity contribution in [3.05, 3.63) is 121 Å². The minimum Gasteiger partial charge on any atom is -0.508 e. The van der Waals surface area contributed by atoms with E-state index < -0.39 is 29.2 Å². The van der Waals surface area contributed by atoms with Gasteiger partial charge in [0, 0.05) is 18.4 Å². The van der Waals surface area contributed by atoms with Crippen molar-refractivity contribution in [2.45, 2.75) is 51.9 Å². The molecule has 0 radical (unpaired) electrons. The van der Waals surface area contributed by atoms with Gasteiger partial charge in [0.25, 0.3) is 11.5 Å². The summed E-state index contributed by atoms with van der Waals surface area (Å²) in [5.74, 6) is -2.23. The number of nitrogens with zero attached hydrogens (tertiary/aromatic N) is 4. The van der Waals surface area contributed by atoms with Gasteiger partial charge in [0.15, 0.2) is 0 Å². The van der Waals surface area contributed by atoms with E-state index in [0.717, 1.165) is 27.8 Å². The number of phenolic OH excluding ortho intramolecular Hbond substituents is 2. The fourth-order valence-electron chi connectivity index (χ4n) is 5.20. The number of ether oxygens (including phenoxy) is 1. The van der Waals surface area contributed by atoms with Crippen molar-refractivity contribution in [3.8, 4) is 17.6 Å². The summed E-state index contributed by atoms with van der Waals surface area (Å²) in [5, 5.41) is 30.1. The first-order valence-electron chi connectivity index (χ1n) is 14.2. The van der Waals surface area contributed by atoms with Crippen LogP contribution in [-0.4, -0.2) is 31.9 Å². The summed E-state index contributed by atoms with van der Waals surface area (Å²) in [7, 11) is 0. The number of amides is 1. The predicted octanol–water partition coefficient (Wildman–Crippen LogP) is 4.76. The molecule has 0 bridgehead atoms. The number of phenols is 2. The molecular weight excluding hydrogens is 567 g/mol. The van der Waals surface area contributed by atoms with E-state index >= 15 is 0 Å². The maximum absolute atomic E-state index is 14.5. The van der Waals surface area contributed by atoms with Crippen molar-refractivity contribution in [2.24, 2.45) is 0 Å². The van der Waals surface area contributed by atoms with Gasteiger partial charge in [-0.25, -0.2) is 4.79 Å². The zero-order valence-electron chi connectivity index (χ0n) is 24.2. The number of nitriles is 1. The Kier molecular flexibility index (Phi) is 8.64. The van der Waals surface area contributed by atoms with E-state index in [9.17, 15) is 29.0 Å². The number of hydrogen-bond acceptors (Lipinski definition) is 7. The van der Waals surface area contributed by atoms with Gasteiger partial charge in [-0.2, -0.15) is 9.65 Å². The Morgan fingerprint density at radius 3 is 2.36 bits per heavy atom. The lowest BCUT2D eigenvalue weighted by atomic mass is 9.98. The predicted molar refractivity (Wildman–Crippen MR) is 160 cm³/mol. The number of rotatable bonds is 8. The van der Waals surface area contributed by atoms with Gasteiger partial charge in [0.05, 0.1) is 36.5 Å². The number of hydrogen-bond donors (Lipinski definition) is 2. The van der Waals surface area contributed by atoms with Gasteiger partial charge in [-0.05, 0) is 65.8 Å². The lowest BCUT2D eigenvalue weighted by Gasteiger charge is -2.25. The number of carbonyl (C=O) groups excluding carboxylic acids is 1. The molecule has 0 saturated carbocycles. The molecule has 1 aromatic heterocycles. The van der Waals surface area contributed by atoms with Crippen LogP contribution < -0.4 is 16.1 Å². The van der Waals surface area contributed by atoms with Crippen LogP contribution in [-0.2, 0) is 17.8 Å². The Bertz CT molecular complexity index is 1850. The summed E-state index contributed by atoms with van der Waals surface area (Å²) in [6, 6.07) is 17.9. The lowest BCUT2D eigenvalue weighted by Crippen LogP contribution is -2.42. The van der Waals surface area contributed by atoms with E-state index in [-0.39, 0.29) is 36.1 Å². The minimum absolute atomic E-state index is 0.00906. The number of carbonyl (C=O) groups is 1. The van der Waals surface area contributed by atoms with Crippen molar-refractivity contribution < 1.29 is 24.1 Å². The second-order valence-electron chi connectivity index (χ2n) is 11.0. The van der Waals surface area contributed by atoms with Crippen LogP contribution in [0.2, 0.25) is 0 Å². The standard InChI is InChI=1S/C33H31FN4O6/c1-20(2)25-14-26(29(40)15-28(25)39)31(41)36(17-22-7-5-21(16-35)6-8-22)24-11-9-23(10-12-24)18-38-32(42)27(34)19-37(33(38)43)30-4-3-13-44-30/h5-12,14-15,19-20,30,39-40H,3-4,13,17-18H2,1-2H3. The van der Waals surface area contributed by atoms with Gasteiger partial charge in [0.2, 0.25) is 5.82 Å². The number of benzene rings is 3. The highest BCUT2D eigenvalue weighted by Gasteiger charge is 2.25. The van der Waals surface area contributed by atoms with Crippen LogP contribution in [0.3, 0.4) is 0 Å². The highest BCUT2D eigenvalue weighted by molar-refractivity contribution is 6.08. The fourth-order valence-corrected chi connectivity index (χ4v) is 5.20. The Balaban J connectivity index is 1.50. The summed E-state index contributed by atoms with van der Waals surface area (Å²) in [6.45, 7) is 4.02. The molecule has 1 fully saturated rings. The average molecular weight is 599 g/mol. The molecule has 5 rings (SSSR count). The van der Waals surface area contributed by atoms with Gasteiger partial charge in [-0.3, -0.25) is 18.7 Å². The summed E-state index contributed by atoms with van der Waals surface area (Å²) < 4.78 is 22.0. The maximum Gasteiger partial charge on any atom is 0.333 e. The Morgan fingerprint density at radius 1 is 1.07 bits per heavy atom. The fraction of sp³-hybridized carbons (Fsp3) is 0.273. The molecule has 10 nitrogen and oxygen atoms in total. The zero-order chi connectivity index (χ0) is 31.5. The summed E-state index contributed by atoms with van der Waals surface area (Å²) in [5.41, 5.74) is 0.871. The van der Waals surface area contributed by atoms with E-state index in [1.54, 1.807) is 48.5 Å². The topological polar surface area (TPSA) is 138 Å². The SMILES string of the molecule is CC(C)c1cc(C(=O)N(Cc2ccc(C#N)cc2)c2ccc(Cn3c(=O)c(F)cn(C4CCCO4)c3=O)cc2)c(O)cc1O. The summed E-state index contributed by atoms with van der Waals surface area (Å²) in [6.07, 6.45) is 1.50. The highest BCUT2D eigenvalue weighted by Crippen LogP contribution is 2.34. The van der Waals surface area contributed by atoms with E-state index in [0.29, 0.717) is 41.0 Å². The molecular formula is C33H31FN4O6. The third-order valence-corrected chi connectivity index (χ3v) is 7.62. The van der Waals surface area contributed by atoms with Gasteiger partial charge in [-0.1, -0.05) is 38.1 Å². The molecule has 1 aliphatic rings. The smallest absolute Gasteiger partial charge is 0.333 e. The van der Waals surface area contributed by atoms with Crippen molar-refractivity contribution in [1.29, 1.82) is 5.26 Å². The number of aromatic nitrogens is 2. The molecule has 2 N–H and O–H groups in total. The molecule has 1 amide bonds. The first-order valence-corrected chi connectivity index (χ1v) is 14.2. The minimum atomic E-state index is -1.06. The summed E-state index contributed by atoms with van der Waals surface area (Å²) >= 11 is 0. The van der Waals surface area contributed by atoms with Crippen LogP contribution in [0.1, 0.15) is 71.4 Å². The van der Waals surface area contributed by atoms with Crippen LogP contribution in [0.4, 0.5) is 10.1 Å². The molecule has 3 aromatic carbocycles. The zero-order valence-corrected chi connectivity index (χ0v) is 24.2.